The normalized spacial score (nSPS) is 41.3. The molecule has 0 unspecified atom stereocenters. The lowest BCUT2D eigenvalue weighted by Gasteiger charge is -2.51. The molecule has 6 fully saturated rings. The summed E-state index contributed by atoms with van der Waals surface area (Å²) in [6, 6.07) is 0. The number of rotatable bonds is 25. The van der Waals surface area contributed by atoms with E-state index in [0.29, 0.717) is 38.5 Å². The number of aliphatic hydroxyl groups is 9. The molecule has 6 heterocycles. The van der Waals surface area contributed by atoms with E-state index in [-0.39, 0.29) is 18.9 Å². The van der Waals surface area contributed by atoms with Crippen molar-refractivity contribution in [3.8, 4) is 0 Å². The van der Waals surface area contributed by atoms with Gasteiger partial charge in [0, 0.05) is 12.8 Å². The minimum atomic E-state index is -2.02. The number of unbranched alkanes of at least 4 members (excludes halogenated alkanes) is 10. The van der Waals surface area contributed by atoms with Gasteiger partial charge in [0.25, 0.3) is 0 Å². The first-order valence-corrected chi connectivity index (χ1v) is 33.3. The maximum Gasteiger partial charge on any atom is 0.309 e. The number of carbonyl (C=O) groups is 3. The van der Waals surface area contributed by atoms with Gasteiger partial charge in [0.1, 0.15) is 79.4 Å². The van der Waals surface area contributed by atoms with E-state index in [0.717, 1.165) is 103 Å². The van der Waals surface area contributed by atoms with Crippen molar-refractivity contribution in [2.75, 3.05) is 6.61 Å². The van der Waals surface area contributed by atoms with E-state index in [1.165, 1.54) is 13.8 Å². The third kappa shape index (κ3) is 20.8. The Morgan fingerprint density at radius 3 is 1.72 bits per heavy atom. The molecule has 6 saturated heterocycles. The molecule has 0 radical (unpaired) electrons. The predicted molar refractivity (Wildman–Crippen MR) is 312 cm³/mol. The average molecular weight is 1270 g/mol. The molecule has 9 N–H and O–H groups in total. The molecule has 0 amide bonds. The molecule has 2 bridgehead atoms. The molecule has 0 aromatic rings. The molecule has 0 aliphatic carbocycles. The zero-order valence-electron chi connectivity index (χ0n) is 53.3. The van der Waals surface area contributed by atoms with E-state index in [4.69, 9.17) is 61.6 Å². The van der Waals surface area contributed by atoms with Crippen molar-refractivity contribution < 1.29 is 122 Å². The Morgan fingerprint density at radius 1 is 0.489 bits per heavy atom. The Kier molecular flexibility index (Phi) is 31.8. The zero-order chi connectivity index (χ0) is 64.2. The van der Waals surface area contributed by atoms with Gasteiger partial charge in [0.05, 0.1) is 43.0 Å². The van der Waals surface area contributed by atoms with Crippen LogP contribution < -0.4 is 0 Å². The van der Waals surface area contributed by atoms with Gasteiger partial charge in [-0.15, -0.1) is 0 Å². The van der Waals surface area contributed by atoms with E-state index < -0.39 is 184 Å². The highest BCUT2D eigenvalue weighted by atomic mass is 16.8. The fourth-order valence-corrected chi connectivity index (χ4v) is 12.3. The minimum Gasteiger partial charge on any atom is -0.457 e. The van der Waals surface area contributed by atoms with E-state index in [1.807, 2.05) is 0 Å². The summed E-state index contributed by atoms with van der Waals surface area (Å²) in [5.74, 6) is -2.65. The molecule has 25 nitrogen and oxygen atoms in total. The largest absolute Gasteiger partial charge is 0.457 e. The Bertz CT molecular complexity index is 2010. The highest BCUT2D eigenvalue weighted by molar-refractivity contribution is 5.72. The highest BCUT2D eigenvalue weighted by Crippen LogP contribution is 2.40. The summed E-state index contributed by atoms with van der Waals surface area (Å²) in [5.41, 5.74) is 0. The van der Waals surface area contributed by atoms with Crippen molar-refractivity contribution in [3.05, 3.63) is 0 Å². The lowest BCUT2D eigenvalue weighted by Crippen LogP contribution is -2.68. The predicted octanol–water partition coefficient (Wildman–Crippen LogP) is 4.30. The highest BCUT2D eigenvalue weighted by Gasteiger charge is 2.59. The second kappa shape index (κ2) is 37.5. The molecule has 6 aliphatic rings. The maximum atomic E-state index is 14.4. The second-order valence-corrected chi connectivity index (χ2v) is 25.4. The van der Waals surface area contributed by atoms with Crippen LogP contribution in [0.2, 0.25) is 0 Å². The Morgan fingerprint density at radius 2 is 1.05 bits per heavy atom. The van der Waals surface area contributed by atoms with E-state index in [1.54, 1.807) is 27.7 Å². The first kappa shape index (κ1) is 74.7. The summed E-state index contributed by atoms with van der Waals surface area (Å²) < 4.78 is 82.2. The first-order chi connectivity index (χ1) is 42.1. The van der Waals surface area contributed by atoms with Gasteiger partial charge in [0.15, 0.2) is 49.8 Å². The molecule has 27 atom stereocenters. The van der Waals surface area contributed by atoms with Crippen LogP contribution in [0.1, 0.15) is 209 Å². The lowest BCUT2D eigenvalue weighted by atomic mass is 9.95. The molecule has 0 spiro atoms. The van der Waals surface area contributed by atoms with Gasteiger partial charge >= 0.3 is 17.9 Å². The number of fused-ring (bicyclic) bond motifs is 3. The molecule has 6 rings (SSSR count). The summed E-state index contributed by atoms with van der Waals surface area (Å²) in [5, 5.41) is 102. The number of ether oxygens (including phenoxy) is 13. The van der Waals surface area contributed by atoms with Gasteiger partial charge in [-0.05, 0) is 59.8 Å². The summed E-state index contributed by atoms with van der Waals surface area (Å²) in [6.45, 7) is 13.0. The lowest BCUT2D eigenvalue weighted by molar-refractivity contribution is -0.400. The van der Waals surface area contributed by atoms with Gasteiger partial charge in [0.2, 0.25) is 0 Å². The van der Waals surface area contributed by atoms with Crippen LogP contribution in [-0.2, 0) is 76.0 Å². The smallest absolute Gasteiger partial charge is 0.309 e. The second-order valence-electron chi connectivity index (χ2n) is 25.4. The molecule has 512 valence electrons. The fourth-order valence-electron chi connectivity index (χ4n) is 12.3. The number of hydrogen-bond donors (Lipinski definition) is 9. The quantitative estimate of drug-likeness (QED) is 0.0349. The summed E-state index contributed by atoms with van der Waals surface area (Å²) >= 11 is 0. The molecule has 88 heavy (non-hydrogen) atoms. The van der Waals surface area contributed by atoms with Crippen LogP contribution in [0.15, 0.2) is 0 Å². The summed E-state index contributed by atoms with van der Waals surface area (Å²) in [6.07, 6.45) is -21.1. The standard InChI is InChI=1S/C63H110O25/c1-9-12-14-15-16-17-20-23-28-32-42(66)83-57-56(88-60-48(72)45(69)44(68)40(33-64)81-60)53(85-59-49(73)47(71)51(36(6)77-59)84-58(75)34(4)11-3)38(8)79-63(57)86-52-37(7)78-61-50(74)54(52)82-41(65)31-27-24-21-18-19-22-26-30-39(29-25-13-10-2)80-62-55(87-61)46(70)43(67)35(5)76-62/h34-40,43-57,59-64,67-74H,9-33H2,1-8H3/t34-,35+,36-,37-,38-,39-,40+,43-,44+,45-,46-,47-,48+,49+,50+,51-,52-,53-,54-,55+,56+,57+,59-,60-,61-,62-,63-/m0/s1. The van der Waals surface area contributed by atoms with Gasteiger partial charge in [-0.3, -0.25) is 14.4 Å². The van der Waals surface area contributed by atoms with Crippen molar-refractivity contribution in [1.29, 1.82) is 0 Å². The van der Waals surface area contributed by atoms with Crippen LogP contribution in [0.3, 0.4) is 0 Å². The third-order valence-corrected chi connectivity index (χ3v) is 18.2. The van der Waals surface area contributed by atoms with Crippen LogP contribution in [0.25, 0.3) is 0 Å². The third-order valence-electron chi connectivity index (χ3n) is 18.2. The molecular formula is C63H110O25. The zero-order valence-corrected chi connectivity index (χ0v) is 53.3. The van der Waals surface area contributed by atoms with Crippen molar-refractivity contribution >= 4 is 17.9 Å². The Labute approximate surface area is 519 Å². The van der Waals surface area contributed by atoms with Gasteiger partial charge in [-0.1, -0.05) is 137 Å². The maximum absolute atomic E-state index is 14.4. The summed E-state index contributed by atoms with van der Waals surface area (Å²) in [4.78, 5) is 41.3. The average Bonchev–Trinajstić information content (AvgIpc) is 1.94. The monoisotopic (exact) mass is 1270 g/mol. The SMILES string of the molecule is CCCCCCCCCCCC(=O)O[C@H]1[C@H](O[C@@H]2[C@H]3OC(=O)CCCCCCCCC[C@H](CCCCC)O[C@@H]4O[C@H](C)[C@H](O)[C@H](O)[C@H]4O[C@H](O[C@H]2C)[C@@H]3O)O[C@@H](C)[C@H](O[C@@H]2O[C@@H](C)[C@H](OC(=O)[C@@H](C)CC)[C@@H](O)[C@H]2O)[C@H]1O[C@@H]1O[C@H](CO)[C@@H](O)[C@H](O)[C@H]1O. The molecule has 0 saturated carbocycles. The number of aliphatic hydroxyl groups excluding tert-OH is 9. The topological polar surface area (TPSA) is 353 Å². The molecule has 0 aromatic carbocycles. The van der Waals surface area contributed by atoms with Crippen molar-refractivity contribution in [2.24, 2.45) is 5.92 Å². The van der Waals surface area contributed by atoms with Gasteiger partial charge in [-0.2, -0.15) is 0 Å². The minimum absolute atomic E-state index is 0.0428. The number of carbonyl (C=O) groups excluding carboxylic acids is 3. The summed E-state index contributed by atoms with van der Waals surface area (Å²) in [7, 11) is 0. The van der Waals surface area contributed by atoms with Crippen LogP contribution in [-0.4, -0.2) is 230 Å². The van der Waals surface area contributed by atoms with Crippen LogP contribution in [0.4, 0.5) is 0 Å². The van der Waals surface area contributed by atoms with E-state index >= 15 is 0 Å². The Balaban J connectivity index is 1.36. The molecule has 0 aromatic heterocycles. The van der Waals surface area contributed by atoms with E-state index in [9.17, 15) is 60.3 Å². The molecule has 25 heteroatoms. The van der Waals surface area contributed by atoms with Crippen molar-refractivity contribution in [1.82, 2.24) is 0 Å². The van der Waals surface area contributed by atoms with Crippen LogP contribution >= 0.6 is 0 Å². The van der Waals surface area contributed by atoms with Crippen molar-refractivity contribution in [2.45, 2.75) is 369 Å². The van der Waals surface area contributed by atoms with Gasteiger partial charge < -0.3 is 108 Å². The molecular weight excluding hydrogens is 1160 g/mol. The van der Waals surface area contributed by atoms with Crippen LogP contribution in [0.5, 0.6) is 0 Å². The van der Waals surface area contributed by atoms with Gasteiger partial charge in [-0.25, -0.2) is 0 Å². The fraction of sp³-hybridized carbons (Fsp3) is 0.952. The number of hydrogen-bond acceptors (Lipinski definition) is 25. The Hall–Kier alpha value is -2.35. The first-order valence-electron chi connectivity index (χ1n) is 33.3. The molecule has 6 aliphatic heterocycles. The number of esters is 3. The van der Waals surface area contributed by atoms with Crippen LogP contribution in [0, 0.1) is 5.92 Å². The van der Waals surface area contributed by atoms with Crippen molar-refractivity contribution in [3.63, 3.8) is 0 Å². The van der Waals surface area contributed by atoms with E-state index in [2.05, 4.69) is 13.8 Å².